The van der Waals surface area contributed by atoms with Gasteiger partial charge < -0.3 is 15.4 Å². The van der Waals surface area contributed by atoms with E-state index in [-0.39, 0.29) is 5.91 Å². The highest BCUT2D eigenvalue weighted by atomic mass is 32.2. The van der Waals surface area contributed by atoms with Crippen molar-refractivity contribution < 1.29 is 9.53 Å². The van der Waals surface area contributed by atoms with Gasteiger partial charge in [0.05, 0.1) is 12.7 Å². The molecule has 0 saturated carbocycles. The minimum Gasteiger partial charge on any atom is -0.496 e. The highest BCUT2D eigenvalue weighted by Crippen LogP contribution is 2.40. The van der Waals surface area contributed by atoms with Crippen LogP contribution in [0.15, 0.2) is 58.9 Å². The summed E-state index contributed by atoms with van der Waals surface area (Å²) in [6.07, 6.45) is 1.03. The van der Waals surface area contributed by atoms with Crippen LogP contribution >= 0.6 is 11.8 Å². The van der Waals surface area contributed by atoms with Crippen molar-refractivity contribution >= 4 is 29.3 Å². The molecule has 1 aromatic heterocycles. The van der Waals surface area contributed by atoms with Crippen LogP contribution in [-0.4, -0.2) is 33.5 Å². The fourth-order valence-corrected chi connectivity index (χ4v) is 4.62. The fraction of sp³-hybridized carbons (Fsp3) is 0.320. The van der Waals surface area contributed by atoms with Gasteiger partial charge in [-0.3, -0.25) is 4.79 Å². The molecule has 0 fully saturated rings. The molecule has 2 aromatic carbocycles. The van der Waals surface area contributed by atoms with Crippen LogP contribution in [0.1, 0.15) is 43.0 Å². The van der Waals surface area contributed by atoms with Gasteiger partial charge in [-0.1, -0.05) is 49.0 Å². The number of allylic oxidation sites excluding steroid dienone is 1. The lowest BCUT2D eigenvalue weighted by molar-refractivity contribution is -0.113. The number of nitrogens with one attached hydrogen (secondary N) is 2. The number of fused-ring (bicyclic) bond motifs is 1. The quantitative estimate of drug-likeness (QED) is 0.461. The molecular weight excluding hydrogens is 434 g/mol. The molecule has 4 rings (SSSR count). The first-order valence-corrected chi connectivity index (χ1v) is 12.0. The summed E-state index contributed by atoms with van der Waals surface area (Å²) >= 11 is 1.60. The van der Waals surface area contributed by atoms with Gasteiger partial charge in [0, 0.05) is 22.7 Å². The number of nitrogens with zero attached hydrogens (tertiary/aromatic N) is 3. The van der Waals surface area contributed by atoms with E-state index in [2.05, 4.69) is 22.5 Å². The lowest BCUT2D eigenvalue weighted by Gasteiger charge is -2.29. The van der Waals surface area contributed by atoms with Gasteiger partial charge in [0.25, 0.3) is 5.91 Å². The molecule has 0 aliphatic carbocycles. The molecule has 1 unspecified atom stereocenters. The molecule has 8 heteroatoms. The van der Waals surface area contributed by atoms with Crippen LogP contribution in [0.2, 0.25) is 0 Å². The van der Waals surface area contributed by atoms with Crippen LogP contribution in [0.5, 0.6) is 5.75 Å². The Bertz CT molecular complexity index is 1220. The summed E-state index contributed by atoms with van der Waals surface area (Å²) in [5.74, 6) is 2.05. The Morgan fingerprint density at radius 1 is 1.18 bits per heavy atom. The molecule has 0 radical (unpaired) electrons. The van der Waals surface area contributed by atoms with Crippen LogP contribution < -0.4 is 15.4 Å². The van der Waals surface area contributed by atoms with E-state index in [1.54, 1.807) is 23.6 Å². The first-order chi connectivity index (χ1) is 15.9. The zero-order valence-corrected chi connectivity index (χ0v) is 20.4. The molecule has 0 saturated heterocycles. The summed E-state index contributed by atoms with van der Waals surface area (Å²) in [5, 5.41) is 11.9. The van der Waals surface area contributed by atoms with Crippen LogP contribution in [0.4, 0.5) is 11.6 Å². The van der Waals surface area contributed by atoms with Crippen LogP contribution in [-0.2, 0) is 4.79 Å². The molecule has 172 valence electrons. The number of hydrogen-bond donors (Lipinski definition) is 2. The van der Waals surface area contributed by atoms with E-state index < -0.39 is 6.04 Å². The standard InChI is InChI=1S/C25H29N5O2S/c1-6-14-33-25-28-24-26-17(4)21(23(31)27-19-12-9-10-15(2)16(19)3)22(30(24)29-25)18-11-7-8-13-20(18)32-5/h7-13,22H,6,14H2,1-5H3,(H,27,31)(H,26,28,29). The number of benzene rings is 2. The number of ether oxygens (including phenoxy) is 1. The average molecular weight is 464 g/mol. The van der Waals surface area contributed by atoms with Gasteiger partial charge in [-0.05, 0) is 50.5 Å². The topological polar surface area (TPSA) is 81.1 Å². The fourth-order valence-electron chi connectivity index (χ4n) is 3.94. The number of anilines is 2. The smallest absolute Gasteiger partial charge is 0.255 e. The first-order valence-electron chi connectivity index (χ1n) is 11.0. The largest absolute Gasteiger partial charge is 0.496 e. The number of carbonyl (C=O) groups excluding carboxylic acids is 1. The van der Waals surface area contributed by atoms with E-state index in [1.165, 1.54) is 0 Å². The summed E-state index contributed by atoms with van der Waals surface area (Å²) in [4.78, 5) is 18.4. The molecule has 7 nitrogen and oxygen atoms in total. The number of thioether (sulfide) groups is 1. The summed E-state index contributed by atoms with van der Waals surface area (Å²) in [5.41, 5.74) is 5.12. The van der Waals surface area contributed by atoms with Crippen molar-refractivity contribution in [2.24, 2.45) is 0 Å². The van der Waals surface area contributed by atoms with Gasteiger partial charge in [-0.15, -0.1) is 5.10 Å². The van der Waals surface area contributed by atoms with Crippen molar-refractivity contribution in [3.05, 3.63) is 70.4 Å². The van der Waals surface area contributed by atoms with E-state index in [9.17, 15) is 4.79 Å². The monoisotopic (exact) mass is 463 g/mol. The predicted molar refractivity (Wildman–Crippen MR) is 133 cm³/mol. The average Bonchev–Trinajstić information content (AvgIpc) is 3.22. The number of para-hydroxylation sites is 1. The second kappa shape index (κ2) is 9.70. The number of amides is 1. The summed E-state index contributed by atoms with van der Waals surface area (Å²) in [6.45, 7) is 8.07. The zero-order valence-electron chi connectivity index (χ0n) is 19.6. The molecule has 1 atom stereocenters. The number of aryl methyl sites for hydroxylation is 1. The highest BCUT2D eigenvalue weighted by Gasteiger charge is 2.36. The van der Waals surface area contributed by atoms with Crippen molar-refractivity contribution in [1.29, 1.82) is 0 Å². The van der Waals surface area contributed by atoms with Crippen molar-refractivity contribution in [2.75, 3.05) is 23.5 Å². The molecule has 1 amide bonds. The number of carbonyl (C=O) groups is 1. The van der Waals surface area contributed by atoms with E-state index in [0.717, 1.165) is 40.2 Å². The van der Waals surface area contributed by atoms with Crippen molar-refractivity contribution in [3.8, 4) is 5.75 Å². The highest BCUT2D eigenvalue weighted by molar-refractivity contribution is 7.99. The third kappa shape index (κ3) is 4.48. The molecule has 0 bridgehead atoms. The van der Waals surface area contributed by atoms with Gasteiger partial charge in [0.15, 0.2) is 0 Å². The maximum atomic E-state index is 13.7. The molecule has 0 spiro atoms. The van der Waals surface area contributed by atoms with Crippen LogP contribution in [0, 0.1) is 13.8 Å². The normalized spacial score (nSPS) is 15.1. The minimum absolute atomic E-state index is 0.187. The maximum Gasteiger partial charge on any atom is 0.255 e. The van der Waals surface area contributed by atoms with Gasteiger partial charge in [0.1, 0.15) is 11.8 Å². The third-order valence-electron chi connectivity index (χ3n) is 5.80. The lowest BCUT2D eigenvalue weighted by atomic mass is 9.94. The number of rotatable bonds is 7. The SMILES string of the molecule is CCCSc1nc2n(n1)C(c1ccccc1OC)C(C(=O)Nc1cccc(C)c1C)=C(C)N2. The van der Waals surface area contributed by atoms with Crippen LogP contribution in [0.3, 0.4) is 0 Å². The molecule has 2 N–H and O–H groups in total. The van der Waals surface area contributed by atoms with Crippen molar-refractivity contribution in [2.45, 2.75) is 45.3 Å². The Balaban J connectivity index is 1.81. The number of methoxy groups -OCH3 is 1. The molecule has 2 heterocycles. The zero-order chi connectivity index (χ0) is 23.5. The summed E-state index contributed by atoms with van der Waals surface area (Å²) in [6, 6.07) is 13.2. The van der Waals surface area contributed by atoms with E-state index in [4.69, 9.17) is 9.84 Å². The lowest BCUT2D eigenvalue weighted by Crippen LogP contribution is -2.32. The van der Waals surface area contributed by atoms with Crippen molar-refractivity contribution in [3.63, 3.8) is 0 Å². The molecule has 3 aromatic rings. The predicted octanol–water partition coefficient (Wildman–Crippen LogP) is 5.33. The summed E-state index contributed by atoms with van der Waals surface area (Å²) < 4.78 is 7.45. The van der Waals surface area contributed by atoms with E-state index in [0.29, 0.717) is 22.4 Å². The van der Waals surface area contributed by atoms with Gasteiger partial charge in [-0.25, -0.2) is 4.68 Å². The Morgan fingerprint density at radius 3 is 2.73 bits per heavy atom. The summed E-state index contributed by atoms with van der Waals surface area (Å²) in [7, 11) is 1.64. The third-order valence-corrected chi connectivity index (χ3v) is 6.84. The number of aromatic nitrogens is 3. The Hall–Kier alpha value is -3.26. The Kier molecular flexibility index (Phi) is 6.74. The van der Waals surface area contributed by atoms with Gasteiger partial charge in [0.2, 0.25) is 11.1 Å². The van der Waals surface area contributed by atoms with Gasteiger partial charge >= 0.3 is 0 Å². The number of hydrogen-bond acceptors (Lipinski definition) is 6. The van der Waals surface area contributed by atoms with E-state index >= 15 is 0 Å². The van der Waals surface area contributed by atoms with Crippen LogP contribution in [0.25, 0.3) is 0 Å². The second-order valence-electron chi connectivity index (χ2n) is 8.02. The molecular formula is C25H29N5O2S. The minimum atomic E-state index is -0.481. The van der Waals surface area contributed by atoms with Crippen molar-refractivity contribution in [1.82, 2.24) is 14.8 Å². The Morgan fingerprint density at radius 2 is 1.97 bits per heavy atom. The second-order valence-corrected chi connectivity index (χ2v) is 9.08. The molecule has 1 aliphatic rings. The molecule has 33 heavy (non-hydrogen) atoms. The molecule has 1 aliphatic heterocycles. The Labute approximate surface area is 198 Å². The van der Waals surface area contributed by atoms with Gasteiger partial charge in [-0.2, -0.15) is 4.98 Å². The van der Waals surface area contributed by atoms with E-state index in [1.807, 2.05) is 63.2 Å². The maximum absolute atomic E-state index is 13.7. The first kappa shape index (κ1) is 22.9.